The molecule has 180 valence electrons. The molecule has 2 N–H and O–H groups in total. The van der Waals surface area contributed by atoms with Crippen LogP contribution in [0.5, 0.6) is 0 Å². The van der Waals surface area contributed by atoms with E-state index < -0.39 is 0 Å². The number of hydrogen-bond acceptors (Lipinski definition) is 3. The smallest absolute Gasteiger partial charge is 0.187 e. The maximum absolute atomic E-state index is 12.3. The van der Waals surface area contributed by atoms with Crippen molar-refractivity contribution < 1.29 is 4.79 Å². The zero-order valence-corrected chi connectivity index (χ0v) is 21.4. The van der Waals surface area contributed by atoms with Crippen LogP contribution >= 0.6 is 11.8 Å². The molecule has 3 heteroatoms. The van der Waals surface area contributed by atoms with Gasteiger partial charge in [0.2, 0.25) is 0 Å². The fourth-order valence-electron chi connectivity index (χ4n) is 3.97. The first-order chi connectivity index (χ1) is 16.2. The number of allylic oxidation sites excluding steroid dienone is 1. The first kappa shape index (κ1) is 27.2. The number of hydrogen-bond donors (Lipinski definition) is 1. The highest BCUT2D eigenvalue weighted by Crippen LogP contribution is 2.21. The Kier molecular flexibility index (Phi) is 14.4. The van der Waals surface area contributed by atoms with Crippen LogP contribution in [0, 0.1) is 0 Å². The number of para-hydroxylation sites is 1. The van der Waals surface area contributed by atoms with Crippen LogP contribution in [0.1, 0.15) is 106 Å². The van der Waals surface area contributed by atoms with Crippen molar-refractivity contribution in [3.8, 4) is 0 Å². The van der Waals surface area contributed by atoms with E-state index in [1.54, 1.807) is 18.2 Å². The minimum absolute atomic E-state index is 0.0611. The average molecular weight is 466 g/mol. The van der Waals surface area contributed by atoms with Gasteiger partial charge in [-0.05, 0) is 48.1 Å². The van der Waals surface area contributed by atoms with E-state index in [9.17, 15) is 4.79 Å². The molecule has 0 bridgehead atoms. The number of benzene rings is 2. The summed E-state index contributed by atoms with van der Waals surface area (Å²) in [7, 11) is 0. The van der Waals surface area contributed by atoms with Gasteiger partial charge in [0, 0.05) is 16.1 Å². The van der Waals surface area contributed by atoms with Crippen molar-refractivity contribution >= 4 is 29.3 Å². The predicted molar refractivity (Wildman–Crippen MR) is 147 cm³/mol. The lowest BCUT2D eigenvalue weighted by molar-refractivity contribution is 0.104. The highest BCUT2D eigenvalue weighted by Gasteiger charge is 2.05. The summed E-state index contributed by atoms with van der Waals surface area (Å²) in [6.45, 7) is 2.28. The number of unbranched alkanes of at least 4 members (excludes halogenated alkanes) is 12. The third-order valence-electron chi connectivity index (χ3n) is 6.05. The molecule has 2 aromatic rings. The lowest BCUT2D eigenvalue weighted by atomic mass is 10.1. The number of ketones is 1. The third-order valence-corrected chi connectivity index (χ3v) is 7.15. The zero-order valence-electron chi connectivity index (χ0n) is 20.6. The minimum Gasteiger partial charge on any atom is -0.398 e. The standard InChI is InChI=1S/C30H43NOS/c1-2-3-4-5-6-7-8-9-10-11-12-13-16-25-33-27-22-19-26(20-23-27)21-24-30(32)28-17-14-15-18-29(28)31/h14-15,17-24H,2-13,16,25,31H2,1H3. The van der Waals surface area contributed by atoms with Gasteiger partial charge in [-0.15, -0.1) is 11.8 Å². The molecule has 2 aromatic carbocycles. The lowest BCUT2D eigenvalue weighted by Crippen LogP contribution is -1.99. The summed E-state index contributed by atoms with van der Waals surface area (Å²) >= 11 is 1.93. The second-order valence-corrected chi connectivity index (χ2v) is 10.1. The number of nitrogens with two attached hydrogens (primary N) is 1. The molecule has 0 saturated heterocycles. The van der Waals surface area contributed by atoms with Crippen molar-refractivity contribution in [1.29, 1.82) is 0 Å². The summed E-state index contributed by atoms with van der Waals surface area (Å²) in [5.74, 6) is 1.12. The highest BCUT2D eigenvalue weighted by atomic mass is 32.2. The maximum Gasteiger partial charge on any atom is 0.187 e. The van der Waals surface area contributed by atoms with Gasteiger partial charge in [0.25, 0.3) is 0 Å². The van der Waals surface area contributed by atoms with Crippen LogP contribution in [0.3, 0.4) is 0 Å². The number of nitrogen functional groups attached to an aromatic ring is 1. The van der Waals surface area contributed by atoms with Crippen LogP contribution in [-0.4, -0.2) is 11.5 Å². The Morgan fingerprint density at radius 1 is 0.758 bits per heavy atom. The van der Waals surface area contributed by atoms with Gasteiger partial charge < -0.3 is 5.73 Å². The van der Waals surface area contributed by atoms with E-state index in [4.69, 9.17) is 5.73 Å². The Morgan fingerprint density at radius 2 is 1.30 bits per heavy atom. The molecule has 2 nitrogen and oxygen atoms in total. The second kappa shape index (κ2) is 17.5. The number of anilines is 1. The van der Waals surface area contributed by atoms with Gasteiger partial charge in [-0.25, -0.2) is 0 Å². The normalized spacial score (nSPS) is 11.3. The van der Waals surface area contributed by atoms with Crippen LogP contribution in [0.15, 0.2) is 59.5 Å². The van der Waals surface area contributed by atoms with E-state index in [1.165, 1.54) is 94.1 Å². The molecule has 0 heterocycles. The molecule has 0 atom stereocenters. The minimum atomic E-state index is -0.0611. The molecular formula is C30H43NOS. The van der Waals surface area contributed by atoms with Crippen molar-refractivity contribution in [1.82, 2.24) is 0 Å². The Bertz CT molecular complexity index is 812. The molecule has 2 rings (SSSR count). The van der Waals surface area contributed by atoms with Gasteiger partial charge in [-0.1, -0.05) is 114 Å². The molecular weight excluding hydrogens is 422 g/mol. The molecule has 0 spiro atoms. The number of rotatable bonds is 18. The fourth-order valence-corrected chi connectivity index (χ4v) is 4.88. The van der Waals surface area contributed by atoms with Crippen molar-refractivity contribution in [2.45, 2.75) is 95.3 Å². The Hall–Kier alpha value is -2.00. The van der Waals surface area contributed by atoms with Gasteiger partial charge in [-0.3, -0.25) is 4.79 Å². The lowest BCUT2D eigenvalue weighted by Gasteiger charge is -2.04. The average Bonchev–Trinajstić information content (AvgIpc) is 2.84. The second-order valence-electron chi connectivity index (χ2n) is 8.94. The van der Waals surface area contributed by atoms with Gasteiger partial charge in [0.1, 0.15) is 0 Å². The van der Waals surface area contributed by atoms with Crippen LogP contribution in [0.25, 0.3) is 6.08 Å². The summed E-state index contributed by atoms with van der Waals surface area (Å²) < 4.78 is 0. The Labute approximate surface area is 206 Å². The van der Waals surface area contributed by atoms with Crippen molar-refractivity contribution in [3.63, 3.8) is 0 Å². The zero-order chi connectivity index (χ0) is 23.6. The molecule has 0 saturated carbocycles. The Balaban J connectivity index is 1.50. The Morgan fingerprint density at radius 3 is 1.88 bits per heavy atom. The SMILES string of the molecule is CCCCCCCCCCCCCCCSc1ccc(C=CC(=O)c2ccccc2N)cc1. The van der Waals surface area contributed by atoms with Gasteiger partial charge >= 0.3 is 0 Å². The molecule has 0 unspecified atom stereocenters. The van der Waals surface area contributed by atoms with Gasteiger partial charge in [0.15, 0.2) is 5.78 Å². The molecule has 0 aliphatic carbocycles. The topological polar surface area (TPSA) is 43.1 Å². The molecule has 0 aromatic heterocycles. The molecule has 33 heavy (non-hydrogen) atoms. The molecule has 0 fully saturated rings. The fraction of sp³-hybridized carbons (Fsp3) is 0.500. The van der Waals surface area contributed by atoms with E-state index in [-0.39, 0.29) is 5.78 Å². The van der Waals surface area contributed by atoms with Crippen molar-refractivity contribution in [2.75, 3.05) is 11.5 Å². The number of carbonyl (C=O) groups is 1. The highest BCUT2D eigenvalue weighted by molar-refractivity contribution is 7.99. The predicted octanol–water partition coefficient (Wildman–Crippen LogP) is 9.35. The van der Waals surface area contributed by atoms with Crippen LogP contribution in [-0.2, 0) is 0 Å². The van der Waals surface area contributed by atoms with Crippen LogP contribution < -0.4 is 5.73 Å². The monoisotopic (exact) mass is 465 g/mol. The van der Waals surface area contributed by atoms with Crippen molar-refractivity contribution in [3.05, 3.63) is 65.7 Å². The van der Waals surface area contributed by atoms with E-state index in [0.29, 0.717) is 11.3 Å². The number of carbonyl (C=O) groups excluding carboxylic acids is 1. The molecule has 0 amide bonds. The quantitative estimate of drug-likeness (QED) is 0.0784. The summed E-state index contributed by atoms with van der Waals surface area (Å²) in [5, 5.41) is 0. The van der Waals surface area contributed by atoms with Crippen molar-refractivity contribution in [2.24, 2.45) is 0 Å². The van der Waals surface area contributed by atoms with E-state index in [1.807, 2.05) is 30.0 Å². The van der Waals surface area contributed by atoms with E-state index in [0.717, 1.165) is 5.56 Å². The first-order valence-electron chi connectivity index (χ1n) is 13.0. The molecule has 0 aliphatic rings. The summed E-state index contributed by atoms with van der Waals surface area (Å²) in [5.41, 5.74) is 7.98. The summed E-state index contributed by atoms with van der Waals surface area (Å²) in [6.07, 6.45) is 21.6. The van der Waals surface area contributed by atoms with Crippen LogP contribution in [0.4, 0.5) is 5.69 Å². The first-order valence-corrected chi connectivity index (χ1v) is 14.0. The van der Waals surface area contributed by atoms with E-state index >= 15 is 0 Å². The molecule has 0 radical (unpaired) electrons. The summed E-state index contributed by atoms with van der Waals surface area (Å²) in [4.78, 5) is 13.6. The number of thioether (sulfide) groups is 1. The third kappa shape index (κ3) is 12.1. The largest absolute Gasteiger partial charge is 0.398 e. The maximum atomic E-state index is 12.3. The van der Waals surface area contributed by atoms with Gasteiger partial charge in [0.05, 0.1) is 0 Å². The van der Waals surface area contributed by atoms with Gasteiger partial charge in [-0.2, -0.15) is 0 Å². The van der Waals surface area contributed by atoms with Crippen LogP contribution in [0.2, 0.25) is 0 Å². The summed E-state index contributed by atoms with van der Waals surface area (Å²) in [6, 6.07) is 15.6. The van der Waals surface area contributed by atoms with E-state index in [2.05, 4.69) is 31.2 Å². The molecule has 0 aliphatic heterocycles.